The third-order valence-corrected chi connectivity index (χ3v) is 7.95. The quantitative estimate of drug-likeness (QED) is 0.416. The molecule has 5 nitrogen and oxygen atoms in total. The number of rotatable bonds is 5. The average Bonchev–Trinajstić information content (AvgIpc) is 3.36. The lowest BCUT2D eigenvalue weighted by Crippen LogP contribution is -2.43. The molecule has 0 unspecified atom stereocenters. The molecule has 0 bridgehead atoms. The number of carbonyl (C=O) groups excluding carboxylic acids is 1. The number of amides is 1. The van der Waals surface area contributed by atoms with Crippen molar-refractivity contribution in [3.8, 4) is 0 Å². The molecular weight excluding hydrogens is 438 g/mol. The van der Waals surface area contributed by atoms with E-state index in [9.17, 15) is 4.79 Å². The highest BCUT2D eigenvalue weighted by molar-refractivity contribution is 7.23. The van der Waals surface area contributed by atoms with Gasteiger partial charge in [-0.25, -0.2) is 4.98 Å². The van der Waals surface area contributed by atoms with Crippen LogP contribution in [0.5, 0.6) is 0 Å². The van der Waals surface area contributed by atoms with Crippen LogP contribution in [0.2, 0.25) is 5.02 Å². The number of morpholine rings is 1. The molecule has 5 rings (SSSR count). The second kappa shape index (κ2) is 8.61. The van der Waals surface area contributed by atoms with Crippen LogP contribution < -0.4 is 4.90 Å². The lowest BCUT2D eigenvalue weighted by Gasteiger charge is -2.29. The predicted molar refractivity (Wildman–Crippen MR) is 125 cm³/mol. The van der Waals surface area contributed by atoms with E-state index in [0.29, 0.717) is 21.6 Å². The van der Waals surface area contributed by atoms with Gasteiger partial charge in [-0.05, 0) is 18.2 Å². The predicted octanol–water partition coefficient (Wildman–Crippen LogP) is 5.14. The Labute approximate surface area is 187 Å². The molecule has 0 saturated carbocycles. The Morgan fingerprint density at radius 2 is 1.80 bits per heavy atom. The Balaban J connectivity index is 1.50. The number of carbonyl (C=O) groups is 1. The van der Waals surface area contributed by atoms with Crippen LogP contribution in [0, 0.1) is 0 Å². The maximum absolute atomic E-state index is 13.7. The number of thiophene rings is 1. The monoisotopic (exact) mass is 457 g/mol. The first-order chi connectivity index (χ1) is 14.7. The van der Waals surface area contributed by atoms with Crippen LogP contribution in [0.15, 0.2) is 48.5 Å². The van der Waals surface area contributed by atoms with E-state index >= 15 is 0 Å². The number of thiazole rings is 1. The number of hydrogen-bond acceptors (Lipinski definition) is 6. The molecule has 1 aliphatic heterocycles. The molecule has 0 aliphatic carbocycles. The molecule has 0 N–H and O–H groups in total. The second-order valence-electron chi connectivity index (χ2n) is 7.12. The Hall–Kier alpha value is -2.03. The molecule has 0 radical (unpaired) electrons. The summed E-state index contributed by atoms with van der Waals surface area (Å²) in [7, 11) is 0. The van der Waals surface area contributed by atoms with Crippen LogP contribution in [-0.4, -0.2) is 55.2 Å². The van der Waals surface area contributed by atoms with Gasteiger partial charge in [0.05, 0.1) is 28.5 Å². The van der Waals surface area contributed by atoms with Crippen molar-refractivity contribution in [3.05, 3.63) is 58.4 Å². The van der Waals surface area contributed by atoms with E-state index in [-0.39, 0.29) is 5.91 Å². The van der Waals surface area contributed by atoms with Crippen molar-refractivity contribution in [1.82, 2.24) is 9.88 Å². The van der Waals surface area contributed by atoms with Crippen LogP contribution in [0.4, 0.5) is 5.13 Å². The zero-order valence-electron chi connectivity index (χ0n) is 16.2. The molecule has 3 heterocycles. The van der Waals surface area contributed by atoms with Gasteiger partial charge >= 0.3 is 0 Å². The molecule has 1 fully saturated rings. The van der Waals surface area contributed by atoms with Gasteiger partial charge in [-0.15, -0.1) is 11.3 Å². The first-order valence-electron chi connectivity index (χ1n) is 9.85. The van der Waals surface area contributed by atoms with Crippen LogP contribution in [-0.2, 0) is 4.74 Å². The number of anilines is 1. The van der Waals surface area contributed by atoms with Crippen molar-refractivity contribution in [3.63, 3.8) is 0 Å². The Bertz CT molecular complexity index is 1170. The fraction of sp³-hybridized carbons (Fsp3) is 0.273. The third kappa shape index (κ3) is 3.84. The van der Waals surface area contributed by atoms with Gasteiger partial charge in [-0.1, -0.05) is 53.3 Å². The fourth-order valence-corrected chi connectivity index (χ4v) is 6.05. The summed E-state index contributed by atoms with van der Waals surface area (Å²) >= 11 is 9.61. The lowest BCUT2D eigenvalue weighted by atomic mass is 10.2. The van der Waals surface area contributed by atoms with Gasteiger partial charge in [0.1, 0.15) is 4.88 Å². The number of fused-ring (bicyclic) bond motifs is 2. The number of para-hydroxylation sites is 1. The van der Waals surface area contributed by atoms with Gasteiger partial charge in [0.15, 0.2) is 5.13 Å². The zero-order chi connectivity index (χ0) is 20.5. The Kier molecular flexibility index (Phi) is 5.71. The van der Waals surface area contributed by atoms with Crippen molar-refractivity contribution in [1.29, 1.82) is 0 Å². The first-order valence-corrected chi connectivity index (χ1v) is 11.9. The molecule has 2 aromatic carbocycles. The fourth-order valence-electron chi connectivity index (χ4n) is 3.60. The number of aromatic nitrogens is 1. The first kappa shape index (κ1) is 19.9. The standard InChI is InChI=1S/C22H20ClN3O2S2/c23-19-15-5-1-3-7-17(15)29-20(19)21(27)26(10-9-25-11-13-28-14-12-25)22-24-16-6-2-4-8-18(16)30-22/h1-8H,9-14H2. The molecule has 1 amide bonds. The van der Waals surface area contributed by atoms with Crippen molar-refractivity contribution in [2.75, 3.05) is 44.3 Å². The van der Waals surface area contributed by atoms with Crippen molar-refractivity contribution in [2.45, 2.75) is 0 Å². The highest BCUT2D eigenvalue weighted by atomic mass is 35.5. The largest absolute Gasteiger partial charge is 0.379 e. The number of nitrogens with zero attached hydrogens (tertiary/aromatic N) is 3. The number of hydrogen-bond donors (Lipinski definition) is 0. The number of halogens is 1. The lowest BCUT2D eigenvalue weighted by molar-refractivity contribution is 0.0391. The van der Waals surface area contributed by atoms with E-state index in [0.717, 1.165) is 53.2 Å². The average molecular weight is 458 g/mol. The summed E-state index contributed by atoms with van der Waals surface area (Å²) in [6.07, 6.45) is 0. The molecule has 8 heteroatoms. The summed E-state index contributed by atoms with van der Waals surface area (Å²) in [6, 6.07) is 15.8. The van der Waals surface area contributed by atoms with E-state index in [1.807, 2.05) is 48.5 Å². The van der Waals surface area contributed by atoms with Crippen molar-refractivity contribution < 1.29 is 9.53 Å². The summed E-state index contributed by atoms with van der Waals surface area (Å²) in [6.45, 7) is 4.56. The van der Waals surface area contributed by atoms with E-state index in [1.165, 1.54) is 11.3 Å². The van der Waals surface area contributed by atoms with Crippen LogP contribution in [0.3, 0.4) is 0 Å². The third-order valence-electron chi connectivity index (χ3n) is 5.23. The maximum atomic E-state index is 13.7. The van der Waals surface area contributed by atoms with E-state index in [2.05, 4.69) is 4.90 Å². The molecule has 1 saturated heterocycles. The van der Waals surface area contributed by atoms with Gasteiger partial charge in [-0.3, -0.25) is 14.6 Å². The maximum Gasteiger partial charge on any atom is 0.271 e. The van der Waals surface area contributed by atoms with Crippen LogP contribution in [0.1, 0.15) is 9.67 Å². The highest BCUT2D eigenvalue weighted by Gasteiger charge is 2.26. The van der Waals surface area contributed by atoms with E-state index in [4.69, 9.17) is 21.3 Å². The van der Waals surface area contributed by atoms with Gasteiger partial charge in [-0.2, -0.15) is 0 Å². The number of ether oxygens (including phenoxy) is 1. The second-order valence-corrected chi connectivity index (χ2v) is 9.56. The topological polar surface area (TPSA) is 45.7 Å². The summed E-state index contributed by atoms with van der Waals surface area (Å²) in [4.78, 5) is 23.1. The van der Waals surface area contributed by atoms with Crippen LogP contribution in [0.25, 0.3) is 20.3 Å². The summed E-state index contributed by atoms with van der Waals surface area (Å²) in [5.74, 6) is -0.0893. The Morgan fingerprint density at radius 1 is 1.07 bits per heavy atom. The summed E-state index contributed by atoms with van der Waals surface area (Å²) in [5, 5.41) is 2.16. The minimum Gasteiger partial charge on any atom is -0.379 e. The van der Waals surface area contributed by atoms with E-state index in [1.54, 1.807) is 16.2 Å². The van der Waals surface area contributed by atoms with Crippen molar-refractivity contribution in [2.24, 2.45) is 0 Å². The normalized spacial score (nSPS) is 15.1. The molecular formula is C22H20ClN3O2S2. The summed E-state index contributed by atoms with van der Waals surface area (Å²) in [5.41, 5.74) is 0.907. The minimum absolute atomic E-state index is 0.0893. The smallest absolute Gasteiger partial charge is 0.271 e. The number of benzene rings is 2. The molecule has 0 atom stereocenters. The molecule has 0 spiro atoms. The molecule has 2 aromatic heterocycles. The van der Waals surface area contributed by atoms with Crippen molar-refractivity contribution >= 4 is 65.6 Å². The highest BCUT2D eigenvalue weighted by Crippen LogP contribution is 2.37. The molecule has 30 heavy (non-hydrogen) atoms. The van der Waals surface area contributed by atoms with Gasteiger partial charge in [0.25, 0.3) is 5.91 Å². The van der Waals surface area contributed by atoms with Gasteiger partial charge in [0.2, 0.25) is 0 Å². The van der Waals surface area contributed by atoms with E-state index < -0.39 is 0 Å². The molecule has 154 valence electrons. The SMILES string of the molecule is O=C(c1sc2ccccc2c1Cl)N(CCN1CCOCC1)c1nc2ccccc2s1. The summed E-state index contributed by atoms with van der Waals surface area (Å²) < 4.78 is 7.53. The zero-order valence-corrected chi connectivity index (χ0v) is 18.6. The minimum atomic E-state index is -0.0893. The van der Waals surface area contributed by atoms with Gasteiger partial charge < -0.3 is 4.74 Å². The molecule has 1 aliphatic rings. The molecule has 4 aromatic rings. The van der Waals surface area contributed by atoms with Gasteiger partial charge in [0, 0.05) is 36.3 Å². The van der Waals surface area contributed by atoms with Crippen LogP contribution >= 0.6 is 34.3 Å². The Morgan fingerprint density at radius 3 is 2.57 bits per heavy atom.